The summed E-state index contributed by atoms with van der Waals surface area (Å²) in [5.41, 5.74) is 14.7. The van der Waals surface area contributed by atoms with Gasteiger partial charge in [-0.1, -0.05) is 11.6 Å². The van der Waals surface area contributed by atoms with Gasteiger partial charge in [-0.2, -0.15) is 0 Å². The second-order valence-electron chi connectivity index (χ2n) is 3.99. The van der Waals surface area contributed by atoms with Crippen LogP contribution in [0.1, 0.15) is 0 Å². The first-order valence-electron chi connectivity index (χ1n) is 5.35. The maximum absolute atomic E-state index is 6.12. The molecule has 0 atom stereocenters. The number of nitrogen functional groups attached to an aromatic ring is 2. The largest absolute Gasteiger partial charge is 0.436 e. The van der Waals surface area contributed by atoms with E-state index in [4.69, 9.17) is 27.5 Å². The molecule has 4 nitrogen and oxygen atoms in total. The summed E-state index contributed by atoms with van der Waals surface area (Å²) < 4.78 is 5.64. The molecular weight excluding hydrogens is 250 g/mol. The van der Waals surface area contributed by atoms with Crippen molar-refractivity contribution in [2.75, 3.05) is 11.5 Å². The molecule has 0 radical (unpaired) electrons. The third-order valence-corrected chi connectivity index (χ3v) is 2.95. The third kappa shape index (κ3) is 1.76. The second-order valence-corrected chi connectivity index (χ2v) is 4.39. The number of nitrogens with two attached hydrogens (primary N) is 2. The van der Waals surface area contributed by atoms with Crippen molar-refractivity contribution >= 4 is 34.1 Å². The molecule has 0 spiro atoms. The number of halogens is 1. The molecule has 3 rings (SSSR count). The molecule has 0 fully saturated rings. The number of rotatable bonds is 1. The van der Waals surface area contributed by atoms with E-state index in [0.29, 0.717) is 33.4 Å². The Kier molecular flexibility index (Phi) is 2.38. The first-order chi connectivity index (χ1) is 8.63. The lowest BCUT2D eigenvalue weighted by atomic mass is 10.2. The summed E-state index contributed by atoms with van der Waals surface area (Å²) in [6.07, 6.45) is 0. The van der Waals surface area contributed by atoms with Gasteiger partial charge in [0.25, 0.3) is 0 Å². The fourth-order valence-corrected chi connectivity index (χ4v) is 2.03. The number of aromatic nitrogens is 1. The summed E-state index contributed by atoms with van der Waals surface area (Å²) >= 11 is 6.12. The van der Waals surface area contributed by atoms with E-state index in [2.05, 4.69) is 4.98 Å². The Hall–Kier alpha value is -2.20. The average molecular weight is 260 g/mol. The van der Waals surface area contributed by atoms with Gasteiger partial charge < -0.3 is 15.9 Å². The van der Waals surface area contributed by atoms with Gasteiger partial charge in [0.2, 0.25) is 5.89 Å². The summed E-state index contributed by atoms with van der Waals surface area (Å²) in [5.74, 6) is 0.459. The van der Waals surface area contributed by atoms with Crippen molar-refractivity contribution in [2.24, 2.45) is 0 Å². The molecule has 0 aliphatic rings. The van der Waals surface area contributed by atoms with Gasteiger partial charge in [-0.05, 0) is 30.3 Å². The van der Waals surface area contributed by atoms with Crippen molar-refractivity contribution in [1.29, 1.82) is 0 Å². The van der Waals surface area contributed by atoms with Crippen molar-refractivity contribution in [3.05, 3.63) is 41.4 Å². The normalized spacial score (nSPS) is 10.9. The van der Waals surface area contributed by atoms with Crippen LogP contribution in [0.25, 0.3) is 22.6 Å². The van der Waals surface area contributed by atoms with Gasteiger partial charge in [0.1, 0.15) is 5.52 Å². The Bertz CT molecular complexity index is 736. The smallest absolute Gasteiger partial charge is 0.228 e. The van der Waals surface area contributed by atoms with E-state index in [1.54, 1.807) is 30.3 Å². The van der Waals surface area contributed by atoms with Gasteiger partial charge >= 0.3 is 0 Å². The number of oxazole rings is 1. The first-order valence-corrected chi connectivity index (χ1v) is 5.73. The lowest BCUT2D eigenvalue weighted by molar-refractivity contribution is 0.620. The van der Waals surface area contributed by atoms with Crippen molar-refractivity contribution in [2.45, 2.75) is 0 Å². The Labute approximate surface area is 108 Å². The molecule has 0 saturated heterocycles. The number of hydrogen-bond acceptors (Lipinski definition) is 4. The third-order valence-electron chi connectivity index (χ3n) is 2.64. The Morgan fingerprint density at radius 1 is 1.00 bits per heavy atom. The van der Waals surface area contributed by atoms with Crippen LogP contribution < -0.4 is 11.5 Å². The molecule has 0 amide bonds. The van der Waals surface area contributed by atoms with E-state index < -0.39 is 0 Å². The molecule has 2 aromatic carbocycles. The van der Waals surface area contributed by atoms with Gasteiger partial charge in [0, 0.05) is 17.4 Å². The predicted molar refractivity (Wildman–Crippen MR) is 73.3 cm³/mol. The van der Waals surface area contributed by atoms with Crippen LogP contribution in [-0.2, 0) is 0 Å². The highest BCUT2D eigenvalue weighted by Crippen LogP contribution is 2.31. The van der Waals surface area contributed by atoms with Crippen LogP contribution in [0.2, 0.25) is 5.02 Å². The van der Waals surface area contributed by atoms with Gasteiger partial charge in [-0.25, -0.2) is 4.98 Å². The lowest BCUT2D eigenvalue weighted by Crippen LogP contribution is -1.85. The van der Waals surface area contributed by atoms with E-state index >= 15 is 0 Å². The van der Waals surface area contributed by atoms with Crippen LogP contribution in [0, 0.1) is 0 Å². The molecule has 1 heterocycles. The SMILES string of the molecule is Nc1ccc(-c2nc3ccc(N)cc3o2)c(Cl)c1. The first kappa shape index (κ1) is 10.9. The molecule has 0 aliphatic carbocycles. The minimum Gasteiger partial charge on any atom is -0.436 e. The zero-order valence-electron chi connectivity index (χ0n) is 9.35. The Morgan fingerprint density at radius 3 is 2.50 bits per heavy atom. The Morgan fingerprint density at radius 2 is 1.72 bits per heavy atom. The zero-order valence-corrected chi connectivity index (χ0v) is 10.1. The molecule has 4 N–H and O–H groups in total. The van der Waals surface area contributed by atoms with Crippen LogP contribution in [0.3, 0.4) is 0 Å². The fourth-order valence-electron chi connectivity index (χ4n) is 1.76. The van der Waals surface area contributed by atoms with Crippen LogP contribution in [0.4, 0.5) is 11.4 Å². The zero-order chi connectivity index (χ0) is 12.7. The topological polar surface area (TPSA) is 78.1 Å². The number of hydrogen-bond donors (Lipinski definition) is 2. The van der Waals surface area contributed by atoms with Crippen molar-refractivity contribution < 1.29 is 4.42 Å². The highest BCUT2D eigenvalue weighted by atomic mass is 35.5. The number of fused-ring (bicyclic) bond motifs is 1. The van der Waals surface area contributed by atoms with Gasteiger partial charge in [-0.15, -0.1) is 0 Å². The second kappa shape index (κ2) is 3.92. The monoisotopic (exact) mass is 259 g/mol. The van der Waals surface area contributed by atoms with E-state index in [0.717, 1.165) is 5.52 Å². The summed E-state index contributed by atoms with van der Waals surface area (Å²) in [7, 11) is 0. The molecule has 5 heteroatoms. The van der Waals surface area contributed by atoms with Crippen molar-refractivity contribution in [3.63, 3.8) is 0 Å². The van der Waals surface area contributed by atoms with Crippen LogP contribution in [0.15, 0.2) is 40.8 Å². The number of anilines is 2. The molecule has 0 bridgehead atoms. The van der Waals surface area contributed by atoms with Crippen molar-refractivity contribution in [1.82, 2.24) is 4.98 Å². The minimum absolute atomic E-state index is 0.459. The molecule has 3 aromatic rings. The molecule has 18 heavy (non-hydrogen) atoms. The fraction of sp³-hybridized carbons (Fsp3) is 0. The van der Waals surface area contributed by atoms with E-state index in [1.165, 1.54) is 0 Å². The van der Waals surface area contributed by atoms with Crippen molar-refractivity contribution in [3.8, 4) is 11.5 Å². The van der Waals surface area contributed by atoms with E-state index in [9.17, 15) is 0 Å². The average Bonchev–Trinajstić information content (AvgIpc) is 2.71. The molecule has 0 aliphatic heterocycles. The van der Waals surface area contributed by atoms with Crippen LogP contribution >= 0.6 is 11.6 Å². The maximum Gasteiger partial charge on any atom is 0.228 e. The molecule has 1 aromatic heterocycles. The summed E-state index contributed by atoms with van der Waals surface area (Å²) in [6, 6.07) is 10.5. The summed E-state index contributed by atoms with van der Waals surface area (Å²) in [4.78, 5) is 4.37. The van der Waals surface area contributed by atoms with Gasteiger partial charge in [0.15, 0.2) is 5.58 Å². The van der Waals surface area contributed by atoms with Crippen LogP contribution in [0.5, 0.6) is 0 Å². The highest BCUT2D eigenvalue weighted by molar-refractivity contribution is 6.33. The van der Waals surface area contributed by atoms with Gasteiger partial charge in [0.05, 0.1) is 10.6 Å². The molecule has 0 saturated carbocycles. The quantitative estimate of drug-likeness (QED) is 0.657. The van der Waals surface area contributed by atoms with E-state index in [-0.39, 0.29) is 0 Å². The molecule has 0 unspecified atom stereocenters. The summed E-state index contributed by atoms with van der Waals surface area (Å²) in [5, 5.41) is 0.509. The minimum atomic E-state index is 0.459. The van der Waals surface area contributed by atoms with E-state index in [1.807, 2.05) is 6.07 Å². The molecule has 90 valence electrons. The predicted octanol–water partition coefficient (Wildman–Crippen LogP) is 3.31. The number of nitrogens with zero attached hydrogens (tertiary/aromatic N) is 1. The molecular formula is C13H10ClN3O. The summed E-state index contributed by atoms with van der Waals surface area (Å²) in [6.45, 7) is 0. The highest BCUT2D eigenvalue weighted by Gasteiger charge is 2.11. The van der Waals surface area contributed by atoms with Gasteiger partial charge in [-0.3, -0.25) is 0 Å². The number of benzene rings is 2. The maximum atomic E-state index is 6.12. The standard InChI is InChI=1S/C13H10ClN3O/c14-10-5-7(15)1-3-9(10)13-17-11-4-2-8(16)6-12(11)18-13/h1-6H,15-16H2. The van der Waals surface area contributed by atoms with Crippen LogP contribution in [-0.4, -0.2) is 4.98 Å². The Balaban J connectivity index is 2.19. The lowest BCUT2D eigenvalue weighted by Gasteiger charge is -2.00.